The van der Waals surface area contributed by atoms with Gasteiger partial charge < -0.3 is 15.8 Å². The molecule has 0 heterocycles. The van der Waals surface area contributed by atoms with Crippen molar-refractivity contribution in [2.24, 2.45) is 0 Å². The maximum Gasteiger partial charge on any atom is 0.248 e. The number of nitrogens with two attached hydrogens (primary N) is 1. The highest BCUT2D eigenvalue weighted by Gasteiger charge is 2.07. The van der Waals surface area contributed by atoms with Crippen LogP contribution < -0.4 is 15.8 Å². The van der Waals surface area contributed by atoms with E-state index < -0.39 is 0 Å². The molecule has 28 heavy (non-hydrogen) atoms. The molecule has 0 fully saturated rings. The van der Waals surface area contributed by atoms with Gasteiger partial charge in [-0.05, 0) is 72.0 Å². The molecule has 0 atom stereocenters. The van der Waals surface area contributed by atoms with Gasteiger partial charge in [-0.25, -0.2) is 0 Å². The Morgan fingerprint density at radius 1 is 1.00 bits per heavy atom. The van der Waals surface area contributed by atoms with Crippen molar-refractivity contribution in [2.45, 2.75) is 13.8 Å². The van der Waals surface area contributed by atoms with Crippen LogP contribution in [0, 0.1) is 13.8 Å². The van der Waals surface area contributed by atoms with Crippen LogP contribution in [0.15, 0.2) is 66.7 Å². The van der Waals surface area contributed by atoms with Crippen LogP contribution in [0.3, 0.4) is 0 Å². The summed E-state index contributed by atoms with van der Waals surface area (Å²) in [5, 5.41) is 2.80. The lowest BCUT2D eigenvalue weighted by Gasteiger charge is -2.11. The predicted molar refractivity (Wildman–Crippen MR) is 116 cm³/mol. The van der Waals surface area contributed by atoms with Crippen molar-refractivity contribution in [1.82, 2.24) is 0 Å². The maximum absolute atomic E-state index is 12.2. The molecule has 3 rings (SSSR count). The molecule has 3 aromatic carbocycles. The second kappa shape index (κ2) is 8.44. The zero-order valence-corrected chi connectivity index (χ0v) is 16.3. The monoisotopic (exact) mass is 372 g/mol. The number of benzene rings is 3. The number of para-hydroxylation sites is 2. The van der Waals surface area contributed by atoms with E-state index in [1.807, 2.05) is 49.4 Å². The van der Waals surface area contributed by atoms with Crippen LogP contribution in [0.4, 0.5) is 11.4 Å². The number of rotatable bonds is 5. The number of hydrogen-bond donors (Lipinski definition) is 2. The van der Waals surface area contributed by atoms with E-state index in [9.17, 15) is 4.79 Å². The summed E-state index contributed by atoms with van der Waals surface area (Å²) in [6, 6.07) is 19.4. The highest BCUT2D eigenvalue weighted by molar-refractivity contribution is 6.03. The topological polar surface area (TPSA) is 64.3 Å². The minimum atomic E-state index is -0.214. The lowest BCUT2D eigenvalue weighted by atomic mass is 9.95. The number of ether oxygens (including phenoxy) is 1. The van der Waals surface area contributed by atoms with Crippen molar-refractivity contribution in [1.29, 1.82) is 0 Å². The summed E-state index contributed by atoms with van der Waals surface area (Å²) >= 11 is 0. The number of hydrogen-bond acceptors (Lipinski definition) is 3. The summed E-state index contributed by atoms with van der Waals surface area (Å²) in [4.78, 5) is 12.2. The van der Waals surface area contributed by atoms with Crippen molar-refractivity contribution in [2.75, 3.05) is 18.2 Å². The highest BCUT2D eigenvalue weighted by Crippen LogP contribution is 2.28. The van der Waals surface area contributed by atoms with Gasteiger partial charge in [0.15, 0.2) is 0 Å². The summed E-state index contributed by atoms with van der Waals surface area (Å²) in [5.74, 6) is 0.622. The smallest absolute Gasteiger partial charge is 0.248 e. The number of carbonyl (C=O) groups is 1. The zero-order chi connectivity index (χ0) is 20.1. The lowest BCUT2D eigenvalue weighted by molar-refractivity contribution is -0.111. The van der Waals surface area contributed by atoms with E-state index in [1.54, 1.807) is 19.2 Å². The molecule has 0 bridgehead atoms. The SMILES string of the molecule is COc1ccc(-c2cc(C)c(C=CC(=O)Nc3ccccc3N)cc2C)cc1. The fourth-order valence-corrected chi connectivity index (χ4v) is 3.05. The van der Waals surface area contributed by atoms with Crippen molar-refractivity contribution in [3.8, 4) is 16.9 Å². The normalized spacial score (nSPS) is 10.8. The Labute approximate surface area is 165 Å². The van der Waals surface area contributed by atoms with E-state index in [-0.39, 0.29) is 5.91 Å². The molecule has 4 heteroatoms. The van der Waals surface area contributed by atoms with Crippen LogP contribution in [0.2, 0.25) is 0 Å². The van der Waals surface area contributed by atoms with E-state index in [1.165, 1.54) is 11.6 Å². The summed E-state index contributed by atoms with van der Waals surface area (Å²) in [6.45, 7) is 4.11. The van der Waals surface area contributed by atoms with Crippen molar-refractivity contribution >= 4 is 23.4 Å². The number of methoxy groups -OCH3 is 1. The molecule has 0 aromatic heterocycles. The molecule has 1 amide bonds. The number of amides is 1. The van der Waals surface area contributed by atoms with Crippen molar-refractivity contribution in [3.63, 3.8) is 0 Å². The Kier molecular flexibility index (Phi) is 5.80. The van der Waals surface area contributed by atoms with Crippen LogP contribution in [0.1, 0.15) is 16.7 Å². The van der Waals surface area contributed by atoms with Gasteiger partial charge in [-0.1, -0.05) is 36.4 Å². The molecule has 0 unspecified atom stereocenters. The van der Waals surface area contributed by atoms with Gasteiger partial charge in [0.05, 0.1) is 18.5 Å². The van der Waals surface area contributed by atoms with Gasteiger partial charge in [-0.3, -0.25) is 4.79 Å². The highest BCUT2D eigenvalue weighted by atomic mass is 16.5. The summed E-state index contributed by atoms with van der Waals surface area (Å²) < 4.78 is 5.23. The predicted octanol–water partition coefficient (Wildman–Crippen LogP) is 5.21. The van der Waals surface area contributed by atoms with Gasteiger partial charge in [0, 0.05) is 6.08 Å². The lowest BCUT2D eigenvalue weighted by Crippen LogP contribution is -2.09. The second-order valence-corrected chi connectivity index (χ2v) is 6.66. The third kappa shape index (κ3) is 4.41. The van der Waals surface area contributed by atoms with E-state index in [4.69, 9.17) is 10.5 Å². The fraction of sp³-hybridized carbons (Fsp3) is 0.125. The largest absolute Gasteiger partial charge is 0.497 e. The molecule has 0 saturated heterocycles. The van der Waals surface area contributed by atoms with Crippen LogP contribution in [-0.2, 0) is 4.79 Å². The van der Waals surface area contributed by atoms with Gasteiger partial charge in [0.25, 0.3) is 0 Å². The molecule has 4 nitrogen and oxygen atoms in total. The van der Waals surface area contributed by atoms with E-state index in [0.717, 1.165) is 28.0 Å². The van der Waals surface area contributed by atoms with Gasteiger partial charge in [0.2, 0.25) is 5.91 Å². The molecule has 0 aliphatic carbocycles. The molecular formula is C24H24N2O2. The zero-order valence-electron chi connectivity index (χ0n) is 16.3. The molecule has 3 aromatic rings. The second-order valence-electron chi connectivity index (χ2n) is 6.66. The molecular weight excluding hydrogens is 348 g/mol. The van der Waals surface area contributed by atoms with Crippen LogP contribution in [0.25, 0.3) is 17.2 Å². The molecule has 142 valence electrons. The summed E-state index contributed by atoms with van der Waals surface area (Å²) in [5.41, 5.74) is 12.6. The van der Waals surface area contributed by atoms with Gasteiger partial charge in [0.1, 0.15) is 5.75 Å². The quantitative estimate of drug-likeness (QED) is 0.477. The Balaban J connectivity index is 1.79. The van der Waals surface area contributed by atoms with Crippen molar-refractivity contribution < 1.29 is 9.53 Å². The van der Waals surface area contributed by atoms with E-state index >= 15 is 0 Å². The number of nitrogen functional groups attached to an aromatic ring is 1. The fourth-order valence-electron chi connectivity index (χ4n) is 3.05. The van der Waals surface area contributed by atoms with Crippen molar-refractivity contribution in [3.05, 3.63) is 83.4 Å². The first kappa shape index (κ1) is 19.2. The number of nitrogens with one attached hydrogen (secondary N) is 1. The number of aryl methyl sites for hydroxylation is 2. The minimum absolute atomic E-state index is 0.214. The molecule has 0 spiro atoms. The first-order valence-corrected chi connectivity index (χ1v) is 9.07. The minimum Gasteiger partial charge on any atom is -0.497 e. The van der Waals surface area contributed by atoms with Crippen LogP contribution in [-0.4, -0.2) is 13.0 Å². The average Bonchev–Trinajstić information content (AvgIpc) is 2.70. The van der Waals surface area contributed by atoms with Crippen LogP contribution in [0.5, 0.6) is 5.75 Å². The Bertz CT molecular complexity index is 1020. The summed E-state index contributed by atoms with van der Waals surface area (Å²) in [7, 11) is 1.66. The third-order valence-electron chi connectivity index (χ3n) is 4.65. The van der Waals surface area contributed by atoms with E-state index in [2.05, 4.69) is 24.4 Å². The molecule has 0 aliphatic heterocycles. The maximum atomic E-state index is 12.2. The Morgan fingerprint density at radius 3 is 2.39 bits per heavy atom. The number of anilines is 2. The molecule has 0 aliphatic rings. The molecule has 0 radical (unpaired) electrons. The van der Waals surface area contributed by atoms with Gasteiger partial charge in [-0.2, -0.15) is 0 Å². The van der Waals surface area contributed by atoms with E-state index in [0.29, 0.717) is 11.4 Å². The molecule has 3 N–H and O–H groups in total. The summed E-state index contributed by atoms with van der Waals surface area (Å²) in [6.07, 6.45) is 3.36. The average molecular weight is 372 g/mol. The molecule has 0 saturated carbocycles. The first-order valence-electron chi connectivity index (χ1n) is 9.07. The third-order valence-corrected chi connectivity index (χ3v) is 4.65. The Hall–Kier alpha value is -3.53. The number of carbonyl (C=O) groups excluding carboxylic acids is 1. The Morgan fingerprint density at radius 2 is 1.71 bits per heavy atom. The first-order chi connectivity index (χ1) is 13.5. The standard InChI is InChI=1S/C24H24N2O2/c1-16-15-21(18-8-11-20(28-3)12-9-18)17(2)14-19(16)10-13-24(27)26-23-7-5-4-6-22(23)25/h4-15H,25H2,1-3H3,(H,26,27). The van der Waals surface area contributed by atoms with Gasteiger partial charge >= 0.3 is 0 Å². The van der Waals surface area contributed by atoms with Gasteiger partial charge in [-0.15, -0.1) is 0 Å². The van der Waals surface area contributed by atoms with Crippen LogP contribution >= 0.6 is 0 Å².